The van der Waals surface area contributed by atoms with Crippen LogP contribution in [0.2, 0.25) is 0 Å². The van der Waals surface area contributed by atoms with Gasteiger partial charge in [0.15, 0.2) is 0 Å². The summed E-state index contributed by atoms with van der Waals surface area (Å²) in [4.78, 5) is 17.9. The molecule has 0 aliphatic heterocycles. The second-order valence-electron chi connectivity index (χ2n) is 45.5. The Morgan fingerprint density at radius 1 is 0.211 bits per heavy atom. The Balaban J connectivity index is 0.000000776. The Hall–Kier alpha value is -2.76. The average molecular weight is 2090 g/mol. The molecule has 0 spiro atoms. The SMILES string of the molecule is CCN(C)c1c(CCCCCC(C)(C)C)c(=S)c1=S.CCN(C)c1c(N(C)CCCCC(C)(C)C)c(=S)c1=S.CCN(CC)c1c(CCCCCC(C)(C)C)c(=S)c1=S.CCNc1c(CCCCCC(C)(C)C)c(=S)c1=S.CCNc1c(N(C)CCCCC(C)(C)C)c(=S)c1=S.CN(C)c1c(N(C)CCCCC(C)(C)C)c(=S)c1=S.CNc1c(N(C)CCCCC(C)(C)C)c(=S)c1=S. The minimum absolute atomic E-state index is 0.429. The molecule has 0 saturated carbocycles. The fourth-order valence-electron chi connectivity index (χ4n) is 16.1. The highest BCUT2D eigenvalue weighted by Gasteiger charge is 2.27. The third kappa shape index (κ3) is 44.7. The summed E-state index contributed by atoms with van der Waals surface area (Å²) in [6, 6.07) is 0. The zero-order valence-electron chi connectivity index (χ0n) is 90.5. The molecule has 0 atom stereocenters. The maximum atomic E-state index is 5.43. The van der Waals surface area contributed by atoms with Crippen molar-refractivity contribution in [2.45, 2.75) is 360 Å². The number of rotatable bonds is 48. The fraction of sp³-hybridized carbons (Fsp3) is 0.741. The van der Waals surface area contributed by atoms with Gasteiger partial charge in [-0.3, -0.25) is 0 Å². The van der Waals surface area contributed by atoms with E-state index in [4.69, 9.17) is 171 Å². The molecular formula is C108H185N11S14. The highest BCUT2D eigenvalue weighted by atomic mass is 32.1. The van der Waals surface area contributed by atoms with Crippen LogP contribution in [0.4, 0.5) is 62.6 Å². The van der Waals surface area contributed by atoms with Crippen molar-refractivity contribution in [1.29, 1.82) is 0 Å². The van der Waals surface area contributed by atoms with Gasteiger partial charge in [-0.15, -0.1) is 0 Å². The minimum atomic E-state index is 0.429. The van der Waals surface area contributed by atoms with E-state index in [1.807, 2.05) is 21.1 Å². The molecule has 133 heavy (non-hydrogen) atoms. The van der Waals surface area contributed by atoms with Gasteiger partial charge in [0.2, 0.25) is 0 Å². The van der Waals surface area contributed by atoms with Crippen molar-refractivity contribution in [2.75, 3.05) is 184 Å². The van der Waals surface area contributed by atoms with Crippen molar-refractivity contribution in [2.24, 2.45) is 37.9 Å². The van der Waals surface area contributed by atoms with E-state index in [-0.39, 0.29) is 0 Å². The summed E-state index contributed by atoms with van der Waals surface area (Å²) >= 11 is 74.8. The second-order valence-corrected chi connectivity index (χ2v) is 51.2. The molecule has 0 unspecified atom stereocenters. The number of hydrogen-bond donors (Lipinski definition) is 3. The van der Waals surface area contributed by atoms with E-state index < -0.39 is 0 Å². The standard InChI is InChI=1S/C17H29NS2.C16H28N2S2.C16H27NS2.2C15H26N2S2.C15H25NS2.C14H24N2S2/c1-6-18(7-2)14-13(15(19)16(14)20)11-9-8-10-12-17(3,4)5;1-7-17(5)12-13(15(20)14(12)19)18(6)11-9-8-10-16(2,3)4;1-6-17(5)13-12(14(18)15(13)19)10-8-7-9-11-16(2,3)4;1-15(2,3)9-7-8-10-17(6)12-11(16(4)5)13(18)14(12)19;1-6-16-11-12(14(19)13(11)18)17(5)10-8-7-9-15(2,3)4;1-5-16-12-11(13(17)14(12)18)9-7-6-8-10-15(2,3)4;1-14(2,3)8-6-7-9-16(5)11-10(15-4)12(17)13(11)18/h6-12H2,1-5H3;7-11H2,1-6H3;6-11H2,1-5H3;7-10H2,1-6H3;16H,6-10H2,1-5H3;16H,5-10H2,1-4H3;15H,6-9H2,1-5H3. The molecule has 0 aliphatic carbocycles. The molecular weight excluding hydrogens is 1900 g/mol. The number of nitrogens with zero attached hydrogens (tertiary/aromatic N) is 8. The third-order valence-corrected chi connectivity index (χ3v) is 31.1. The number of unbranched alkanes of at least 4 members (excludes halogenated alkanes) is 10. The lowest BCUT2D eigenvalue weighted by molar-refractivity contribution is 0.358. The second kappa shape index (κ2) is 60.6. The number of anilines is 11. The maximum Gasteiger partial charge on any atom is 0.0834 e. The third-order valence-electron chi connectivity index (χ3n) is 24.4. The zero-order valence-corrected chi connectivity index (χ0v) is 102. The van der Waals surface area contributed by atoms with Crippen molar-refractivity contribution in [3.63, 3.8) is 0 Å². The molecule has 0 saturated heterocycles. The fourth-order valence-corrected chi connectivity index (χ4v) is 20.8. The van der Waals surface area contributed by atoms with Gasteiger partial charge in [-0.1, -0.05) is 381 Å². The quantitative estimate of drug-likeness (QED) is 0.0250. The molecule has 0 heterocycles. The Morgan fingerprint density at radius 2 is 0.436 bits per heavy atom. The first-order valence-electron chi connectivity index (χ1n) is 50.0. The van der Waals surface area contributed by atoms with Gasteiger partial charge in [0, 0.05) is 129 Å². The van der Waals surface area contributed by atoms with Crippen LogP contribution in [0.15, 0.2) is 0 Å². The molecule has 7 aromatic rings. The van der Waals surface area contributed by atoms with Gasteiger partial charge in [0.05, 0.1) is 126 Å². The smallest absolute Gasteiger partial charge is 0.0834 e. The Labute approximate surface area is 887 Å². The zero-order chi connectivity index (χ0) is 103. The molecule has 0 aliphatic rings. The van der Waals surface area contributed by atoms with Crippen molar-refractivity contribution in [3.05, 3.63) is 79.8 Å². The monoisotopic (exact) mass is 2080 g/mol. The van der Waals surface area contributed by atoms with E-state index in [1.54, 1.807) is 0 Å². The van der Waals surface area contributed by atoms with Gasteiger partial charge < -0.3 is 55.1 Å². The molecule has 0 bridgehead atoms. The molecule has 0 amide bonds. The van der Waals surface area contributed by atoms with Gasteiger partial charge in [0.1, 0.15) is 0 Å². The molecule has 7 aromatic carbocycles. The molecule has 0 fully saturated rings. The van der Waals surface area contributed by atoms with E-state index in [0.29, 0.717) is 37.9 Å². The molecule has 11 nitrogen and oxygen atoms in total. The first-order chi connectivity index (χ1) is 61.3. The van der Waals surface area contributed by atoms with Crippen molar-refractivity contribution in [1.82, 2.24) is 0 Å². The van der Waals surface area contributed by atoms with E-state index >= 15 is 0 Å². The molecule has 3 N–H and O–H groups in total. The summed E-state index contributed by atoms with van der Waals surface area (Å²) in [6.07, 6.45) is 33.6. The number of hydrogen-bond acceptors (Lipinski definition) is 25. The van der Waals surface area contributed by atoms with Gasteiger partial charge in [-0.2, -0.15) is 0 Å². The molecule has 0 aromatic heterocycles. The Kier molecular flexibility index (Phi) is 58.5. The summed E-state index contributed by atoms with van der Waals surface area (Å²) in [5, 5.41) is 9.78. The van der Waals surface area contributed by atoms with Gasteiger partial charge in [-0.25, -0.2) is 0 Å². The summed E-state index contributed by atoms with van der Waals surface area (Å²) in [7, 11) is 18.6. The van der Waals surface area contributed by atoms with Gasteiger partial charge in [-0.05, 0) is 205 Å². The van der Waals surface area contributed by atoms with Crippen LogP contribution in [0.1, 0.15) is 358 Å². The highest BCUT2D eigenvalue weighted by Crippen LogP contribution is 2.43. The van der Waals surface area contributed by atoms with E-state index in [1.165, 1.54) is 188 Å². The summed E-state index contributed by atoms with van der Waals surface area (Å²) in [6.45, 7) is 71.1. The number of nitrogens with one attached hydrogen (secondary N) is 3. The predicted molar refractivity (Wildman–Crippen MR) is 638 cm³/mol. The van der Waals surface area contributed by atoms with Crippen LogP contribution in [-0.4, -0.2) is 129 Å². The van der Waals surface area contributed by atoms with Crippen LogP contribution in [0.5, 0.6) is 0 Å². The van der Waals surface area contributed by atoms with Crippen LogP contribution in [0.25, 0.3) is 0 Å². The first kappa shape index (κ1) is 128. The first-order valence-corrected chi connectivity index (χ1v) is 55.7. The predicted octanol–water partition coefficient (Wildman–Crippen LogP) is 36.9. The maximum absolute atomic E-state index is 5.43. The summed E-state index contributed by atoms with van der Waals surface area (Å²) in [5.74, 6) is 0. The summed E-state index contributed by atoms with van der Waals surface area (Å²) < 4.78 is 12.3. The lowest BCUT2D eigenvalue weighted by Crippen LogP contribution is -2.27. The van der Waals surface area contributed by atoms with Crippen molar-refractivity contribution in [3.8, 4) is 0 Å². The normalized spacial score (nSPS) is 11.9. The molecule has 7 rings (SSSR count). The van der Waals surface area contributed by atoms with E-state index in [2.05, 4.69) is 284 Å². The van der Waals surface area contributed by atoms with Gasteiger partial charge in [0.25, 0.3) is 0 Å². The van der Waals surface area contributed by atoms with Crippen molar-refractivity contribution >= 4 is 234 Å². The Bertz CT molecular complexity index is 5140. The van der Waals surface area contributed by atoms with Crippen molar-refractivity contribution < 1.29 is 0 Å². The summed E-state index contributed by atoms with van der Waals surface area (Å²) in [5.41, 5.74) is 19.7. The minimum Gasteiger partial charge on any atom is -0.385 e. The van der Waals surface area contributed by atoms with Gasteiger partial charge >= 0.3 is 0 Å². The van der Waals surface area contributed by atoms with Crippen LogP contribution in [-0.2, 0) is 19.3 Å². The molecule has 0 radical (unpaired) electrons. The lowest BCUT2D eigenvalue weighted by atomic mass is 9.89. The van der Waals surface area contributed by atoms with Crippen LogP contribution < -0.4 is 55.1 Å². The Morgan fingerprint density at radius 3 is 0.737 bits per heavy atom. The van der Waals surface area contributed by atoms with E-state index in [9.17, 15) is 0 Å². The largest absolute Gasteiger partial charge is 0.385 e. The van der Waals surface area contributed by atoms with E-state index in [0.717, 1.165) is 193 Å². The topological polar surface area (TPSA) is 62.0 Å². The highest BCUT2D eigenvalue weighted by molar-refractivity contribution is 7.76. The molecule has 25 heteroatoms. The average Bonchev–Trinajstić information content (AvgIpc) is 0.757. The molecule has 756 valence electrons. The van der Waals surface area contributed by atoms with Crippen LogP contribution >= 0.6 is 171 Å². The lowest BCUT2D eigenvalue weighted by Gasteiger charge is -2.30. The van der Waals surface area contributed by atoms with Crippen LogP contribution in [0.3, 0.4) is 0 Å². The van der Waals surface area contributed by atoms with Crippen LogP contribution in [0, 0.1) is 101 Å².